The molecule has 0 amide bonds. The van der Waals surface area contributed by atoms with E-state index in [1.54, 1.807) is 13.0 Å². The lowest BCUT2D eigenvalue weighted by Crippen LogP contribution is -1.94. The lowest BCUT2D eigenvalue weighted by atomic mass is 10.4. The normalized spacial score (nSPS) is 12.1. The van der Waals surface area contributed by atoms with E-state index < -0.39 is 0 Å². The Morgan fingerprint density at radius 1 is 1.40 bits per heavy atom. The highest BCUT2D eigenvalue weighted by atomic mass is 16.5. The fourth-order valence-electron chi connectivity index (χ4n) is 0.492. The van der Waals surface area contributed by atoms with Gasteiger partial charge in [0, 0.05) is 6.92 Å². The zero-order valence-electron chi connectivity index (χ0n) is 6.55. The van der Waals surface area contributed by atoms with Gasteiger partial charge < -0.3 is 4.74 Å². The Hall–Kier alpha value is -1.05. The molecule has 0 fully saturated rings. The van der Waals surface area contributed by atoms with Crippen molar-refractivity contribution < 1.29 is 9.53 Å². The van der Waals surface area contributed by atoms with E-state index in [0.29, 0.717) is 5.76 Å². The molecule has 0 rings (SSSR count). The van der Waals surface area contributed by atoms with Crippen LogP contribution in [0.4, 0.5) is 0 Å². The number of carbonyl (C=O) groups is 1. The monoisotopic (exact) mass is 140 g/mol. The van der Waals surface area contributed by atoms with Gasteiger partial charge >= 0.3 is 5.97 Å². The number of allylic oxidation sites excluding steroid dienone is 4. The molecule has 0 aliphatic rings. The molecule has 0 bridgehead atoms. The molecule has 0 aromatic rings. The van der Waals surface area contributed by atoms with Crippen molar-refractivity contribution >= 4 is 5.97 Å². The van der Waals surface area contributed by atoms with Crippen LogP contribution in [-0.4, -0.2) is 5.97 Å². The van der Waals surface area contributed by atoms with E-state index in [1.165, 1.54) is 6.92 Å². The van der Waals surface area contributed by atoms with Crippen LogP contribution in [0.15, 0.2) is 24.0 Å². The lowest BCUT2D eigenvalue weighted by Gasteiger charge is -1.96. The van der Waals surface area contributed by atoms with Gasteiger partial charge in [-0.05, 0) is 19.9 Å². The molecule has 0 saturated heterocycles. The number of carbonyl (C=O) groups excluding carboxylic acids is 1. The van der Waals surface area contributed by atoms with Crippen molar-refractivity contribution in [3.63, 3.8) is 0 Å². The fraction of sp³-hybridized carbons (Fsp3) is 0.375. The minimum Gasteiger partial charge on any atom is -0.432 e. The zero-order chi connectivity index (χ0) is 7.98. The van der Waals surface area contributed by atoms with Gasteiger partial charge in [0.15, 0.2) is 0 Å². The maximum Gasteiger partial charge on any atom is 0.307 e. The molecule has 2 heteroatoms. The van der Waals surface area contributed by atoms with Crippen LogP contribution in [0.1, 0.15) is 20.8 Å². The summed E-state index contributed by atoms with van der Waals surface area (Å²) in [5.74, 6) is 0.337. The second-order valence-corrected chi connectivity index (χ2v) is 1.90. The Kier molecular flexibility index (Phi) is 4.29. The first-order valence-electron chi connectivity index (χ1n) is 3.15. The van der Waals surface area contributed by atoms with Crippen LogP contribution in [0.3, 0.4) is 0 Å². The largest absolute Gasteiger partial charge is 0.432 e. The van der Waals surface area contributed by atoms with Crippen LogP contribution < -0.4 is 0 Å². The Labute approximate surface area is 61.2 Å². The minimum atomic E-state index is -0.279. The molecule has 0 spiro atoms. The van der Waals surface area contributed by atoms with Crippen LogP contribution in [-0.2, 0) is 9.53 Å². The second-order valence-electron chi connectivity index (χ2n) is 1.90. The number of rotatable bonds is 2. The Balaban J connectivity index is 3.82. The highest BCUT2D eigenvalue weighted by Crippen LogP contribution is 1.95. The van der Waals surface area contributed by atoms with Crippen molar-refractivity contribution in [1.29, 1.82) is 0 Å². The Morgan fingerprint density at radius 3 is 2.40 bits per heavy atom. The van der Waals surface area contributed by atoms with Crippen molar-refractivity contribution in [2.45, 2.75) is 20.8 Å². The third-order valence-electron chi connectivity index (χ3n) is 0.828. The van der Waals surface area contributed by atoms with Crippen molar-refractivity contribution in [1.82, 2.24) is 0 Å². The molecule has 0 aromatic carbocycles. The van der Waals surface area contributed by atoms with Gasteiger partial charge in [-0.25, -0.2) is 0 Å². The summed E-state index contributed by atoms with van der Waals surface area (Å²) in [6.07, 6.45) is 5.42. The van der Waals surface area contributed by atoms with Gasteiger partial charge in [0.05, 0.1) is 0 Å². The predicted octanol–water partition coefficient (Wildman–Crippen LogP) is 2.03. The van der Waals surface area contributed by atoms with Gasteiger partial charge in [-0.3, -0.25) is 4.79 Å². The van der Waals surface area contributed by atoms with Gasteiger partial charge in [-0.2, -0.15) is 0 Å². The lowest BCUT2D eigenvalue weighted by molar-refractivity contribution is -0.136. The third-order valence-corrected chi connectivity index (χ3v) is 0.828. The summed E-state index contributed by atoms with van der Waals surface area (Å²) in [6.45, 7) is 5.02. The average Bonchev–Trinajstić information content (AvgIpc) is 1.82. The summed E-state index contributed by atoms with van der Waals surface area (Å²) < 4.78 is 4.72. The summed E-state index contributed by atoms with van der Waals surface area (Å²) in [5.41, 5.74) is 0. The molecule has 0 unspecified atom stereocenters. The van der Waals surface area contributed by atoms with Crippen LogP contribution in [0.5, 0.6) is 0 Å². The number of ether oxygens (including phenoxy) is 1. The summed E-state index contributed by atoms with van der Waals surface area (Å²) in [6, 6.07) is 0. The Bertz CT molecular complexity index is 166. The highest BCUT2D eigenvalue weighted by molar-refractivity contribution is 5.67. The molecule has 10 heavy (non-hydrogen) atoms. The van der Waals surface area contributed by atoms with E-state index in [1.807, 2.05) is 19.1 Å². The van der Waals surface area contributed by atoms with E-state index in [-0.39, 0.29) is 5.97 Å². The van der Waals surface area contributed by atoms with Gasteiger partial charge in [0.2, 0.25) is 0 Å². The first-order chi connectivity index (χ1) is 4.66. The highest BCUT2D eigenvalue weighted by Gasteiger charge is 1.91. The zero-order valence-corrected chi connectivity index (χ0v) is 6.55. The molecule has 0 heterocycles. The fourth-order valence-corrected chi connectivity index (χ4v) is 0.492. The van der Waals surface area contributed by atoms with Crippen molar-refractivity contribution in [3.8, 4) is 0 Å². The first kappa shape index (κ1) is 8.95. The Morgan fingerprint density at radius 2 is 2.00 bits per heavy atom. The summed E-state index contributed by atoms with van der Waals surface area (Å²) in [5, 5.41) is 0. The smallest absolute Gasteiger partial charge is 0.307 e. The molecule has 0 aliphatic carbocycles. The van der Waals surface area contributed by atoms with E-state index in [2.05, 4.69) is 0 Å². The van der Waals surface area contributed by atoms with Crippen molar-refractivity contribution in [2.75, 3.05) is 0 Å². The minimum absolute atomic E-state index is 0.279. The van der Waals surface area contributed by atoms with Gasteiger partial charge in [-0.1, -0.05) is 12.2 Å². The van der Waals surface area contributed by atoms with E-state index in [4.69, 9.17) is 4.74 Å². The molecule has 0 radical (unpaired) electrons. The molecule has 0 saturated carbocycles. The summed E-state index contributed by atoms with van der Waals surface area (Å²) >= 11 is 0. The number of hydrogen-bond donors (Lipinski definition) is 0. The third kappa shape index (κ3) is 5.09. The SMILES string of the molecule is CC=CC=C(C)OC(C)=O. The second kappa shape index (κ2) is 4.79. The first-order valence-corrected chi connectivity index (χ1v) is 3.15. The number of esters is 1. The topological polar surface area (TPSA) is 26.3 Å². The summed E-state index contributed by atoms with van der Waals surface area (Å²) in [7, 11) is 0. The molecule has 0 atom stereocenters. The van der Waals surface area contributed by atoms with Gasteiger partial charge in [0.25, 0.3) is 0 Å². The maximum atomic E-state index is 10.3. The van der Waals surface area contributed by atoms with Crippen LogP contribution in [0.2, 0.25) is 0 Å². The van der Waals surface area contributed by atoms with E-state index in [0.717, 1.165) is 0 Å². The van der Waals surface area contributed by atoms with Crippen LogP contribution in [0.25, 0.3) is 0 Å². The molecular formula is C8H12O2. The van der Waals surface area contributed by atoms with Crippen molar-refractivity contribution in [3.05, 3.63) is 24.0 Å². The maximum absolute atomic E-state index is 10.3. The van der Waals surface area contributed by atoms with Crippen LogP contribution in [0, 0.1) is 0 Å². The molecule has 2 nitrogen and oxygen atoms in total. The average molecular weight is 140 g/mol. The van der Waals surface area contributed by atoms with E-state index >= 15 is 0 Å². The molecule has 56 valence electrons. The number of hydrogen-bond acceptors (Lipinski definition) is 2. The summed E-state index contributed by atoms with van der Waals surface area (Å²) in [4.78, 5) is 10.3. The van der Waals surface area contributed by atoms with Crippen molar-refractivity contribution in [2.24, 2.45) is 0 Å². The molecule has 0 aliphatic heterocycles. The molecule has 0 aromatic heterocycles. The molecule has 0 N–H and O–H groups in total. The van der Waals surface area contributed by atoms with Gasteiger partial charge in [0.1, 0.15) is 5.76 Å². The van der Waals surface area contributed by atoms with Gasteiger partial charge in [-0.15, -0.1) is 0 Å². The van der Waals surface area contributed by atoms with Crippen LogP contribution >= 0.6 is 0 Å². The standard InChI is InChI=1S/C8H12O2/c1-4-5-6-7(2)10-8(3)9/h4-6H,1-3H3. The van der Waals surface area contributed by atoms with E-state index in [9.17, 15) is 4.79 Å². The quantitative estimate of drug-likeness (QED) is 0.333. The molecular weight excluding hydrogens is 128 g/mol. The predicted molar refractivity (Wildman–Crippen MR) is 40.3 cm³/mol.